The molecule has 3 N–H and O–H groups in total. The molecule has 1 atom stereocenters. The van der Waals surface area contributed by atoms with Gasteiger partial charge in [0.25, 0.3) is 5.91 Å². The molecule has 3 amide bonds. The van der Waals surface area contributed by atoms with E-state index in [1.807, 2.05) is 17.4 Å². The van der Waals surface area contributed by atoms with E-state index in [1.54, 1.807) is 12.1 Å². The maximum Gasteiger partial charge on any atom is 0.318 e. The largest absolute Gasteiger partial charge is 0.494 e. The van der Waals surface area contributed by atoms with E-state index >= 15 is 0 Å². The second-order valence-corrected chi connectivity index (χ2v) is 5.31. The predicted octanol–water partition coefficient (Wildman–Crippen LogP) is 1.73. The van der Waals surface area contributed by atoms with Gasteiger partial charge < -0.3 is 15.2 Å². The van der Waals surface area contributed by atoms with Gasteiger partial charge in [-0.3, -0.25) is 14.9 Å². The number of carbonyl (C=O) groups excluding carboxylic acids is 3. The van der Waals surface area contributed by atoms with E-state index in [0.29, 0.717) is 18.8 Å². The van der Waals surface area contributed by atoms with Crippen molar-refractivity contribution in [3.05, 3.63) is 28.7 Å². The average molecular weight is 373 g/mol. The lowest BCUT2D eigenvalue weighted by atomic mass is 10.3. The van der Waals surface area contributed by atoms with Crippen LogP contribution in [-0.4, -0.2) is 30.6 Å². The van der Waals surface area contributed by atoms with Gasteiger partial charge in [-0.1, -0.05) is 15.9 Å². The van der Waals surface area contributed by atoms with Crippen molar-refractivity contribution in [3.63, 3.8) is 0 Å². The SMILES string of the molecule is C[C@H](OC(=O)CCCOc1ccc(Br)cc1)C(=O)NC(N)=O. The molecule has 0 unspecified atom stereocenters. The maximum atomic E-state index is 11.5. The highest BCUT2D eigenvalue weighted by Gasteiger charge is 2.18. The number of hydrogen-bond acceptors (Lipinski definition) is 5. The fourth-order valence-corrected chi connectivity index (χ4v) is 1.73. The van der Waals surface area contributed by atoms with Gasteiger partial charge in [-0.25, -0.2) is 4.79 Å². The van der Waals surface area contributed by atoms with Gasteiger partial charge in [0.05, 0.1) is 6.61 Å². The Morgan fingerprint density at radius 2 is 1.91 bits per heavy atom. The molecule has 0 aliphatic heterocycles. The van der Waals surface area contributed by atoms with Crippen molar-refractivity contribution >= 4 is 33.8 Å². The van der Waals surface area contributed by atoms with Gasteiger partial charge in [-0.05, 0) is 37.6 Å². The van der Waals surface area contributed by atoms with E-state index < -0.39 is 24.0 Å². The van der Waals surface area contributed by atoms with Gasteiger partial charge in [0.2, 0.25) is 0 Å². The fraction of sp³-hybridized carbons (Fsp3) is 0.357. The first-order valence-corrected chi connectivity index (χ1v) is 7.36. The zero-order valence-electron chi connectivity index (χ0n) is 12.0. The molecule has 0 saturated carbocycles. The first-order chi connectivity index (χ1) is 10.4. The molecule has 1 rings (SSSR count). The van der Waals surface area contributed by atoms with Crippen molar-refractivity contribution in [2.24, 2.45) is 5.73 Å². The van der Waals surface area contributed by atoms with Gasteiger partial charge in [-0.2, -0.15) is 0 Å². The van der Waals surface area contributed by atoms with E-state index in [-0.39, 0.29) is 6.42 Å². The summed E-state index contributed by atoms with van der Waals surface area (Å²) in [6.07, 6.45) is -0.531. The van der Waals surface area contributed by atoms with E-state index in [2.05, 4.69) is 15.9 Å². The molecule has 0 aliphatic rings. The average Bonchev–Trinajstić information content (AvgIpc) is 2.44. The Labute approximate surface area is 136 Å². The molecule has 22 heavy (non-hydrogen) atoms. The number of nitrogens with one attached hydrogen (secondary N) is 1. The molecule has 0 radical (unpaired) electrons. The Balaban J connectivity index is 2.21. The van der Waals surface area contributed by atoms with Crippen LogP contribution in [-0.2, 0) is 14.3 Å². The number of nitrogens with two attached hydrogens (primary N) is 1. The Kier molecular flexibility index (Phi) is 7.38. The van der Waals surface area contributed by atoms with Crippen LogP contribution in [0.5, 0.6) is 5.75 Å². The number of hydrogen-bond donors (Lipinski definition) is 2. The van der Waals surface area contributed by atoms with Crippen LogP contribution in [0.4, 0.5) is 4.79 Å². The van der Waals surface area contributed by atoms with E-state index in [1.165, 1.54) is 6.92 Å². The normalized spacial score (nSPS) is 11.4. The minimum absolute atomic E-state index is 0.102. The first kappa shape index (κ1) is 18.0. The number of carbonyl (C=O) groups is 3. The van der Waals surface area contributed by atoms with Gasteiger partial charge in [0.1, 0.15) is 5.75 Å². The number of ether oxygens (including phenoxy) is 2. The Morgan fingerprint density at radius 1 is 1.27 bits per heavy atom. The molecular formula is C14H17BrN2O5. The summed E-state index contributed by atoms with van der Waals surface area (Å²) in [5.41, 5.74) is 4.79. The molecule has 0 aliphatic carbocycles. The zero-order chi connectivity index (χ0) is 16.5. The Morgan fingerprint density at radius 3 is 2.50 bits per heavy atom. The number of imide groups is 1. The summed E-state index contributed by atoms with van der Waals surface area (Å²) in [5.74, 6) is -0.607. The molecule has 0 fully saturated rings. The fourth-order valence-electron chi connectivity index (χ4n) is 1.47. The highest BCUT2D eigenvalue weighted by atomic mass is 79.9. The van der Waals surface area contributed by atoms with Crippen LogP contribution in [0.15, 0.2) is 28.7 Å². The molecule has 1 aromatic rings. The Hall–Kier alpha value is -2.09. The molecule has 0 bridgehead atoms. The third kappa shape index (κ3) is 7.07. The molecule has 0 spiro atoms. The highest BCUT2D eigenvalue weighted by Crippen LogP contribution is 2.16. The van der Waals surface area contributed by atoms with Crippen LogP contribution in [0.1, 0.15) is 19.8 Å². The van der Waals surface area contributed by atoms with E-state index in [4.69, 9.17) is 15.2 Å². The number of urea groups is 1. The summed E-state index contributed by atoms with van der Waals surface area (Å²) >= 11 is 3.32. The summed E-state index contributed by atoms with van der Waals surface area (Å²) in [7, 11) is 0. The van der Waals surface area contributed by atoms with Gasteiger partial charge in [0, 0.05) is 10.9 Å². The molecule has 120 valence electrons. The zero-order valence-corrected chi connectivity index (χ0v) is 13.6. The highest BCUT2D eigenvalue weighted by molar-refractivity contribution is 9.10. The van der Waals surface area contributed by atoms with Crippen molar-refractivity contribution in [2.75, 3.05) is 6.61 Å². The predicted molar refractivity (Wildman–Crippen MR) is 82.2 cm³/mol. The molecule has 7 nitrogen and oxygen atoms in total. The second-order valence-electron chi connectivity index (χ2n) is 4.39. The molecular weight excluding hydrogens is 356 g/mol. The van der Waals surface area contributed by atoms with Crippen molar-refractivity contribution in [1.82, 2.24) is 5.32 Å². The lowest BCUT2D eigenvalue weighted by Crippen LogP contribution is -2.42. The van der Waals surface area contributed by atoms with Crippen LogP contribution >= 0.6 is 15.9 Å². The smallest absolute Gasteiger partial charge is 0.318 e. The summed E-state index contributed by atoms with van der Waals surface area (Å²) < 4.78 is 11.3. The third-order valence-corrected chi connectivity index (χ3v) is 3.06. The molecule has 0 saturated heterocycles. The number of esters is 1. The van der Waals surface area contributed by atoms with Gasteiger partial charge in [-0.15, -0.1) is 0 Å². The van der Waals surface area contributed by atoms with Crippen molar-refractivity contribution in [3.8, 4) is 5.75 Å². The van der Waals surface area contributed by atoms with Crippen molar-refractivity contribution in [1.29, 1.82) is 0 Å². The molecule has 0 heterocycles. The monoisotopic (exact) mass is 372 g/mol. The minimum atomic E-state index is -1.08. The van der Waals surface area contributed by atoms with Crippen LogP contribution in [0.2, 0.25) is 0 Å². The number of benzene rings is 1. The van der Waals surface area contributed by atoms with E-state index in [0.717, 1.165) is 4.47 Å². The van der Waals surface area contributed by atoms with Crippen LogP contribution in [0.25, 0.3) is 0 Å². The second kappa shape index (κ2) is 9.04. The summed E-state index contributed by atoms with van der Waals surface area (Å²) in [5, 5.41) is 1.84. The third-order valence-electron chi connectivity index (χ3n) is 2.53. The quantitative estimate of drug-likeness (QED) is 0.559. The number of halogens is 1. The van der Waals surface area contributed by atoms with E-state index in [9.17, 15) is 14.4 Å². The van der Waals surface area contributed by atoms with Gasteiger partial charge >= 0.3 is 12.0 Å². The summed E-state index contributed by atoms with van der Waals surface area (Å²) in [6.45, 7) is 1.70. The number of rotatable bonds is 7. The summed E-state index contributed by atoms with van der Waals surface area (Å²) in [6, 6.07) is 6.32. The maximum absolute atomic E-state index is 11.5. The van der Waals surface area contributed by atoms with Crippen molar-refractivity contribution < 1.29 is 23.9 Å². The molecule has 1 aromatic carbocycles. The topological polar surface area (TPSA) is 108 Å². The lowest BCUT2D eigenvalue weighted by molar-refractivity contribution is -0.154. The summed E-state index contributed by atoms with van der Waals surface area (Å²) in [4.78, 5) is 33.3. The standard InChI is InChI=1S/C14H17BrN2O5/c1-9(13(19)17-14(16)20)22-12(18)3-2-8-21-11-6-4-10(15)5-7-11/h4-7,9H,2-3,8H2,1H3,(H3,16,17,19,20)/t9-/m0/s1. The van der Waals surface area contributed by atoms with Crippen molar-refractivity contribution in [2.45, 2.75) is 25.9 Å². The van der Waals surface area contributed by atoms with Gasteiger partial charge in [0.15, 0.2) is 6.10 Å². The van der Waals surface area contributed by atoms with Crippen LogP contribution < -0.4 is 15.8 Å². The number of primary amides is 1. The molecule has 8 heteroatoms. The first-order valence-electron chi connectivity index (χ1n) is 6.56. The number of amides is 3. The molecule has 0 aromatic heterocycles. The Bertz CT molecular complexity index is 533. The minimum Gasteiger partial charge on any atom is -0.494 e. The van der Waals surface area contributed by atoms with Crippen LogP contribution in [0, 0.1) is 0 Å². The lowest BCUT2D eigenvalue weighted by Gasteiger charge is -2.12. The van der Waals surface area contributed by atoms with Crippen LogP contribution in [0.3, 0.4) is 0 Å².